The van der Waals surface area contributed by atoms with E-state index in [1.807, 2.05) is 0 Å². The van der Waals surface area contributed by atoms with Crippen LogP contribution in [-0.4, -0.2) is 38.6 Å². The highest BCUT2D eigenvalue weighted by Gasteiger charge is 2.14. The summed E-state index contributed by atoms with van der Waals surface area (Å²) >= 11 is 0. The monoisotopic (exact) mass is 193 g/mol. The first-order chi connectivity index (χ1) is 6.77. The van der Waals surface area contributed by atoms with Crippen molar-refractivity contribution in [1.82, 2.24) is 20.5 Å². The average molecular weight is 193 g/mol. The molecule has 0 bridgehead atoms. The van der Waals surface area contributed by atoms with Gasteiger partial charge in [0.1, 0.15) is 6.33 Å². The molecule has 0 saturated carbocycles. The minimum atomic E-state index is -0.974. The minimum Gasteiger partial charge on any atom is -0.478 e. The fourth-order valence-corrected chi connectivity index (χ4v) is 1.00. The van der Waals surface area contributed by atoms with Gasteiger partial charge in [0.15, 0.2) is 11.7 Å². The SMILES string of the molecule is O=C(O)C1=CNC(c2ncn[nH]2)=NC1. The predicted octanol–water partition coefficient (Wildman–Crippen LogP) is -0.877. The molecule has 0 amide bonds. The molecule has 1 aliphatic heterocycles. The Balaban J connectivity index is 2.12. The molecule has 7 heteroatoms. The minimum absolute atomic E-state index is 0.137. The number of aliphatic imine (C=N–C) groups is 1. The zero-order valence-corrected chi connectivity index (χ0v) is 7.06. The van der Waals surface area contributed by atoms with Crippen LogP contribution in [0.5, 0.6) is 0 Å². The van der Waals surface area contributed by atoms with E-state index in [0.29, 0.717) is 11.7 Å². The molecule has 0 unspecified atom stereocenters. The van der Waals surface area contributed by atoms with Crippen LogP contribution < -0.4 is 5.32 Å². The van der Waals surface area contributed by atoms with E-state index in [1.165, 1.54) is 12.5 Å². The molecule has 0 aliphatic carbocycles. The Morgan fingerprint density at radius 3 is 2.93 bits per heavy atom. The van der Waals surface area contributed by atoms with Crippen molar-refractivity contribution in [3.05, 3.63) is 23.9 Å². The molecule has 1 aliphatic rings. The van der Waals surface area contributed by atoms with Gasteiger partial charge in [0.2, 0.25) is 0 Å². The van der Waals surface area contributed by atoms with Crippen molar-refractivity contribution in [2.24, 2.45) is 4.99 Å². The summed E-state index contributed by atoms with van der Waals surface area (Å²) in [6.45, 7) is 0.137. The molecule has 7 nitrogen and oxygen atoms in total. The highest BCUT2D eigenvalue weighted by molar-refractivity contribution is 5.99. The Morgan fingerprint density at radius 2 is 2.43 bits per heavy atom. The van der Waals surface area contributed by atoms with Crippen LogP contribution in [0.4, 0.5) is 0 Å². The van der Waals surface area contributed by atoms with E-state index >= 15 is 0 Å². The van der Waals surface area contributed by atoms with Crippen LogP contribution in [0.25, 0.3) is 0 Å². The molecule has 0 atom stereocenters. The van der Waals surface area contributed by atoms with Gasteiger partial charge in [-0.1, -0.05) is 0 Å². The first-order valence-electron chi connectivity index (χ1n) is 3.86. The maximum Gasteiger partial charge on any atom is 0.334 e. The molecule has 2 heterocycles. The fourth-order valence-electron chi connectivity index (χ4n) is 1.00. The molecule has 0 radical (unpaired) electrons. The van der Waals surface area contributed by atoms with Crippen molar-refractivity contribution < 1.29 is 9.90 Å². The standard InChI is InChI=1S/C7H7N5O2/c13-7(14)4-1-8-5(9-2-4)6-10-3-11-12-6/h1,3H,2H2,(H,8,9)(H,13,14)(H,10,11,12). The van der Waals surface area contributed by atoms with Gasteiger partial charge in [0, 0.05) is 6.20 Å². The number of nitrogens with one attached hydrogen (secondary N) is 2. The number of hydrogen-bond acceptors (Lipinski definition) is 5. The third-order valence-corrected chi connectivity index (χ3v) is 1.70. The summed E-state index contributed by atoms with van der Waals surface area (Å²) < 4.78 is 0. The van der Waals surface area contributed by atoms with Crippen molar-refractivity contribution in [3.63, 3.8) is 0 Å². The quantitative estimate of drug-likeness (QED) is 0.566. The Hall–Kier alpha value is -2.18. The number of nitrogens with zero attached hydrogens (tertiary/aromatic N) is 3. The summed E-state index contributed by atoms with van der Waals surface area (Å²) in [4.78, 5) is 18.4. The van der Waals surface area contributed by atoms with Crippen LogP contribution in [0.15, 0.2) is 23.1 Å². The number of aliphatic carboxylic acids is 1. The predicted molar refractivity (Wildman–Crippen MR) is 46.6 cm³/mol. The lowest BCUT2D eigenvalue weighted by Crippen LogP contribution is -2.27. The Bertz CT molecular complexity index is 406. The summed E-state index contributed by atoms with van der Waals surface area (Å²) in [5, 5.41) is 17.6. The van der Waals surface area contributed by atoms with Crippen molar-refractivity contribution in [2.45, 2.75) is 0 Å². The molecular formula is C7H7N5O2. The Morgan fingerprint density at radius 1 is 1.57 bits per heavy atom. The maximum atomic E-state index is 10.5. The Kier molecular flexibility index (Phi) is 1.98. The second-order valence-electron chi connectivity index (χ2n) is 2.62. The smallest absolute Gasteiger partial charge is 0.334 e. The van der Waals surface area contributed by atoms with Gasteiger partial charge >= 0.3 is 5.97 Å². The second kappa shape index (κ2) is 3.29. The zero-order chi connectivity index (χ0) is 9.97. The number of aromatic amines is 1. The number of hydrogen-bond donors (Lipinski definition) is 3. The lowest BCUT2D eigenvalue weighted by Gasteiger charge is -2.09. The second-order valence-corrected chi connectivity index (χ2v) is 2.62. The van der Waals surface area contributed by atoms with Gasteiger partial charge in [-0.05, 0) is 0 Å². The number of amidine groups is 1. The average Bonchev–Trinajstić information content (AvgIpc) is 2.71. The van der Waals surface area contributed by atoms with Crippen LogP contribution >= 0.6 is 0 Å². The third-order valence-electron chi connectivity index (χ3n) is 1.70. The number of rotatable bonds is 2. The van der Waals surface area contributed by atoms with E-state index in [1.54, 1.807) is 0 Å². The van der Waals surface area contributed by atoms with E-state index in [2.05, 4.69) is 25.5 Å². The number of aromatic nitrogens is 3. The molecule has 0 fully saturated rings. The summed E-state index contributed by atoms with van der Waals surface area (Å²) in [6, 6.07) is 0. The molecular weight excluding hydrogens is 186 g/mol. The highest BCUT2D eigenvalue weighted by Crippen LogP contribution is 2.01. The lowest BCUT2D eigenvalue weighted by atomic mass is 10.2. The molecule has 0 spiro atoms. The van der Waals surface area contributed by atoms with E-state index in [-0.39, 0.29) is 12.1 Å². The van der Waals surface area contributed by atoms with Gasteiger partial charge in [-0.2, -0.15) is 5.10 Å². The van der Waals surface area contributed by atoms with Crippen LogP contribution in [0.2, 0.25) is 0 Å². The van der Waals surface area contributed by atoms with Crippen LogP contribution in [0.1, 0.15) is 5.82 Å². The van der Waals surface area contributed by atoms with E-state index < -0.39 is 5.97 Å². The zero-order valence-electron chi connectivity index (χ0n) is 7.06. The molecule has 14 heavy (non-hydrogen) atoms. The van der Waals surface area contributed by atoms with Crippen molar-refractivity contribution in [3.8, 4) is 0 Å². The highest BCUT2D eigenvalue weighted by atomic mass is 16.4. The topological polar surface area (TPSA) is 103 Å². The number of carboxylic acid groups (broad SMARTS) is 1. The van der Waals surface area contributed by atoms with Crippen LogP contribution in [-0.2, 0) is 4.79 Å². The van der Waals surface area contributed by atoms with E-state index in [9.17, 15) is 4.79 Å². The van der Waals surface area contributed by atoms with E-state index in [0.717, 1.165) is 0 Å². The van der Waals surface area contributed by atoms with E-state index in [4.69, 9.17) is 5.11 Å². The van der Waals surface area contributed by atoms with Crippen molar-refractivity contribution in [1.29, 1.82) is 0 Å². The lowest BCUT2D eigenvalue weighted by molar-refractivity contribution is -0.132. The van der Waals surface area contributed by atoms with Gasteiger partial charge in [-0.25, -0.2) is 9.78 Å². The maximum absolute atomic E-state index is 10.5. The van der Waals surface area contributed by atoms with Crippen molar-refractivity contribution >= 4 is 11.8 Å². The van der Waals surface area contributed by atoms with Gasteiger partial charge < -0.3 is 10.4 Å². The number of carbonyl (C=O) groups is 1. The van der Waals surface area contributed by atoms with Gasteiger partial charge in [-0.3, -0.25) is 10.1 Å². The fraction of sp³-hybridized carbons (Fsp3) is 0.143. The molecule has 72 valence electrons. The summed E-state index contributed by atoms with van der Waals surface area (Å²) in [5.74, 6) is 0.0102. The molecule has 3 N–H and O–H groups in total. The van der Waals surface area contributed by atoms with Gasteiger partial charge in [0.05, 0.1) is 12.1 Å². The first-order valence-corrected chi connectivity index (χ1v) is 3.86. The summed E-state index contributed by atoms with van der Waals surface area (Å²) in [6.07, 6.45) is 2.75. The number of H-pyrrole nitrogens is 1. The first kappa shape index (κ1) is 8.42. The molecule has 1 aromatic heterocycles. The largest absolute Gasteiger partial charge is 0.478 e. The molecule has 1 aromatic rings. The third kappa shape index (κ3) is 1.47. The number of carboxylic acids is 1. The molecule has 2 rings (SSSR count). The van der Waals surface area contributed by atoms with Crippen LogP contribution in [0, 0.1) is 0 Å². The molecule has 0 aromatic carbocycles. The normalized spacial score (nSPS) is 15.4. The van der Waals surface area contributed by atoms with Crippen LogP contribution in [0.3, 0.4) is 0 Å². The molecule has 0 saturated heterocycles. The van der Waals surface area contributed by atoms with Crippen molar-refractivity contribution in [2.75, 3.05) is 6.54 Å². The van der Waals surface area contributed by atoms with Gasteiger partial charge in [0.25, 0.3) is 0 Å². The van der Waals surface area contributed by atoms with Gasteiger partial charge in [-0.15, -0.1) is 0 Å². The summed E-state index contributed by atoms with van der Waals surface area (Å²) in [7, 11) is 0. The summed E-state index contributed by atoms with van der Waals surface area (Å²) in [5.41, 5.74) is 0.216. The Labute approximate surface area is 78.6 Å².